The highest BCUT2D eigenvalue weighted by Gasteiger charge is 2.22. The van der Waals surface area contributed by atoms with E-state index in [9.17, 15) is 9.90 Å². The van der Waals surface area contributed by atoms with Crippen molar-refractivity contribution in [2.24, 2.45) is 10.7 Å². The van der Waals surface area contributed by atoms with Crippen LogP contribution in [0.3, 0.4) is 0 Å². The molecule has 0 aromatic carbocycles. The standard InChI is InChI=1S/C12H22N2O5/c1-3-7-18-11(16)9(10(13)14-5-6-15)12(17)19-8-4-2/h15-16H,3-8H2,1-2H3,(H2,13,14). The van der Waals surface area contributed by atoms with Gasteiger partial charge in [0.2, 0.25) is 0 Å². The molecule has 0 aromatic heterocycles. The number of carbonyl (C=O) groups is 1. The van der Waals surface area contributed by atoms with Crippen molar-refractivity contribution in [2.75, 3.05) is 26.4 Å². The lowest BCUT2D eigenvalue weighted by Gasteiger charge is -2.10. The number of nitrogens with zero attached hydrogens (tertiary/aromatic N) is 1. The van der Waals surface area contributed by atoms with Crippen LogP contribution in [0.4, 0.5) is 0 Å². The van der Waals surface area contributed by atoms with Gasteiger partial charge in [-0.15, -0.1) is 0 Å². The number of esters is 1. The van der Waals surface area contributed by atoms with Crippen molar-refractivity contribution in [3.8, 4) is 0 Å². The summed E-state index contributed by atoms with van der Waals surface area (Å²) in [6, 6.07) is 0. The molecule has 7 heteroatoms. The number of aliphatic imine (C=N–C) groups is 1. The molecule has 0 saturated carbocycles. The topological polar surface area (TPSA) is 114 Å². The summed E-state index contributed by atoms with van der Waals surface area (Å²) in [7, 11) is 0. The van der Waals surface area contributed by atoms with E-state index in [1.807, 2.05) is 13.8 Å². The molecule has 0 aliphatic heterocycles. The van der Waals surface area contributed by atoms with Crippen LogP contribution in [0.5, 0.6) is 0 Å². The first-order valence-electron chi connectivity index (χ1n) is 6.22. The van der Waals surface area contributed by atoms with Gasteiger partial charge in [0.15, 0.2) is 5.57 Å². The van der Waals surface area contributed by atoms with E-state index in [0.29, 0.717) is 12.8 Å². The van der Waals surface area contributed by atoms with Crippen LogP contribution in [0.1, 0.15) is 26.7 Å². The maximum Gasteiger partial charge on any atom is 0.349 e. The van der Waals surface area contributed by atoms with Crippen molar-refractivity contribution < 1.29 is 24.5 Å². The highest BCUT2D eigenvalue weighted by atomic mass is 16.6. The molecule has 0 heterocycles. The Morgan fingerprint density at radius 2 is 1.79 bits per heavy atom. The minimum atomic E-state index is -0.797. The number of amidine groups is 1. The maximum absolute atomic E-state index is 11.8. The largest absolute Gasteiger partial charge is 0.480 e. The Morgan fingerprint density at radius 3 is 2.32 bits per heavy atom. The number of aliphatic hydroxyl groups is 2. The molecule has 0 fully saturated rings. The van der Waals surface area contributed by atoms with Crippen LogP contribution in [0.25, 0.3) is 0 Å². The molecular weight excluding hydrogens is 252 g/mol. The van der Waals surface area contributed by atoms with Gasteiger partial charge in [-0.1, -0.05) is 13.8 Å². The fraction of sp³-hybridized carbons (Fsp3) is 0.667. The zero-order valence-electron chi connectivity index (χ0n) is 11.4. The summed E-state index contributed by atoms with van der Waals surface area (Å²) < 4.78 is 9.86. The molecule has 19 heavy (non-hydrogen) atoms. The monoisotopic (exact) mass is 274 g/mol. The second kappa shape index (κ2) is 10.2. The Labute approximate surface area is 112 Å². The van der Waals surface area contributed by atoms with Gasteiger partial charge >= 0.3 is 5.97 Å². The van der Waals surface area contributed by atoms with E-state index in [0.717, 1.165) is 0 Å². The number of hydrogen-bond donors (Lipinski definition) is 3. The average Bonchev–Trinajstić information content (AvgIpc) is 2.40. The lowest BCUT2D eigenvalue weighted by Crippen LogP contribution is -2.26. The third kappa shape index (κ3) is 6.66. The minimum absolute atomic E-state index is 0.0252. The summed E-state index contributed by atoms with van der Waals surface area (Å²) in [5.41, 5.74) is 5.28. The SMILES string of the molecule is CCCOC(=O)C(C(N)=NCCO)=C(O)OCCC. The highest BCUT2D eigenvalue weighted by Crippen LogP contribution is 2.08. The van der Waals surface area contributed by atoms with Crippen LogP contribution in [0.2, 0.25) is 0 Å². The van der Waals surface area contributed by atoms with Crippen LogP contribution in [0.15, 0.2) is 16.5 Å². The Bertz CT molecular complexity index is 339. The zero-order chi connectivity index (χ0) is 14.7. The van der Waals surface area contributed by atoms with Crippen LogP contribution < -0.4 is 5.73 Å². The smallest absolute Gasteiger partial charge is 0.349 e. The summed E-state index contributed by atoms with van der Waals surface area (Å²) in [6.45, 7) is 3.95. The van der Waals surface area contributed by atoms with Crippen LogP contribution in [-0.2, 0) is 14.3 Å². The van der Waals surface area contributed by atoms with Crippen LogP contribution >= 0.6 is 0 Å². The van der Waals surface area contributed by atoms with E-state index in [1.54, 1.807) is 0 Å². The number of nitrogens with two attached hydrogens (primary N) is 1. The van der Waals surface area contributed by atoms with E-state index in [1.165, 1.54) is 0 Å². The van der Waals surface area contributed by atoms with Gasteiger partial charge in [-0.2, -0.15) is 0 Å². The summed E-state index contributed by atoms with van der Waals surface area (Å²) in [4.78, 5) is 15.5. The maximum atomic E-state index is 11.8. The molecule has 0 saturated heterocycles. The van der Waals surface area contributed by atoms with E-state index in [-0.39, 0.29) is 37.8 Å². The van der Waals surface area contributed by atoms with Crippen molar-refractivity contribution >= 4 is 11.8 Å². The van der Waals surface area contributed by atoms with Gasteiger partial charge in [0.05, 0.1) is 26.4 Å². The van der Waals surface area contributed by atoms with Crippen molar-refractivity contribution in [3.63, 3.8) is 0 Å². The van der Waals surface area contributed by atoms with Gasteiger partial charge < -0.3 is 25.4 Å². The number of aliphatic hydroxyl groups excluding tert-OH is 2. The Kier molecular flexibility index (Phi) is 9.25. The first kappa shape index (κ1) is 17.2. The second-order valence-electron chi connectivity index (χ2n) is 3.66. The summed E-state index contributed by atoms with van der Waals surface area (Å²) in [5.74, 6) is -1.62. The number of rotatable bonds is 9. The molecule has 7 nitrogen and oxygen atoms in total. The number of carbonyl (C=O) groups excluding carboxylic acids is 1. The summed E-state index contributed by atoms with van der Waals surface area (Å²) in [5, 5.41) is 18.4. The van der Waals surface area contributed by atoms with Gasteiger partial charge in [-0.3, -0.25) is 4.99 Å². The lowest BCUT2D eigenvalue weighted by atomic mass is 10.2. The molecule has 0 spiro atoms. The number of hydrogen-bond acceptors (Lipinski definition) is 6. The molecule has 4 N–H and O–H groups in total. The molecule has 0 unspecified atom stereocenters. The van der Waals surface area contributed by atoms with Gasteiger partial charge in [0, 0.05) is 0 Å². The molecule has 0 radical (unpaired) electrons. The van der Waals surface area contributed by atoms with Crippen LogP contribution in [-0.4, -0.2) is 48.4 Å². The quantitative estimate of drug-likeness (QED) is 0.185. The minimum Gasteiger partial charge on any atom is -0.480 e. The molecule has 0 atom stereocenters. The average molecular weight is 274 g/mol. The molecule has 0 aliphatic carbocycles. The van der Waals surface area contributed by atoms with Crippen molar-refractivity contribution in [3.05, 3.63) is 11.5 Å². The summed E-state index contributed by atoms with van der Waals surface area (Å²) in [6.07, 6.45) is 1.30. The molecule has 110 valence electrons. The Morgan fingerprint density at radius 1 is 1.21 bits per heavy atom. The van der Waals surface area contributed by atoms with Crippen LogP contribution in [0, 0.1) is 0 Å². The fourth-order valence-corrected chi connectivity index (χ4v) is 1.09. The highest BCUT2D eigenvalue weighted by molar-refractivity contribution is 6.18. The molecular formula is C12H22N2O5. The zero-order valence-corrected chi connectivity index (χ0v) is 11.4. The van der Waals surface area contributed by atoms with Gasteiger partial charge in [0.1, 0.15) is 5.84 Å². The third-order valence-electron chi connectivity index (χ3n) is 1.94. The molecule has 0 amide bonds. The predicted molar refractivity (Wildman–Crippen MR) is 70.7 cm³/mol. The van der Waals surface area contributed by atoms with E-state index < -0.39 is 11.9 Å². The Hall–Kier alpha value is -1.76. The third-order valence-corrected chi connectivity index (χ3v) is 1.94. The predicted octanol–water partition coefficient (Wildman–Crippen LogP) is 0.485. The molecule has 0 rings (SSSR count). The normalized spacial score (nSPS) is 12.9. The summed E-state index contributed by atoms with van der Waals surface area (Å²) >= 11 is 0. The fourth-order valence-electron chi connectivity index (χ4n) is 1.09. The first-order chi connectivity index (χ1) is 9.08. The number of ether oxygens (including phenoxy) is 2. The van der Waals surface area contributed by atoms with Crippen molar-refractivity contribution in [1.82, 2.24) is 0 Å². The molecule has 0 aromatic rings. The molecule has 0 aliphatic rings. The van der Waals surface area contributed by atoms with E-state index in [2.05, 4.69) is 4.99 Å². The van der Waals surface area contributed by atoms with Crippen molar-refractivity contribution in [2.45, 2.75) is 26.7 Å². The van der Waals surface area contributed by atoms with Gasteiger partial charge in [-0.05, 0) is 12.8 Å². The Balaban J connectivity index is 5.06. The second-order valence-corrected chi connectivity index (χ2v) is 3.66. The lowest BCUT2D eigenvalue weighted by molar-refractivity contribution is -0.139. The van der Waals surface area contributed by atoms with Gasteiger partial charge in [0.25, 0.3) is 5.95 Å². The van der Waals surface area contributed by atoms with Crippen molar-refractivity contribution in [1.29, 1.82) is 0 Å². The molecule has 0 bridgehead atoms. The van der Waals surface area contributed by atoms with E-state index in [4.69, 9.17) is 20.3 Å². The van der Waals surface area contributed by atoms with Gasteiger partial charge in [-0.25, -0.2) is 4.79 Å². The van der Waals surface area contributed by atoms with E-state index >= 15 is 0 Å². The first-order valence-corrected chi connectivity index (χ1v) is 6.22.